The molecule has 0 spiro atoms. The van der Waals surface area contributed by atoms with Crippen LogP contribution in [0.3, 0.4) is 0 Å². The lowest BCUT2D eigenvalue weighted by atomic mass is 9.99. The van der Waals surface area contributed by atoms with Crippen LogP contribution in [0, 0.1) is 0 Å². The van der Waals surface area contributed by atoms with Crippen LogP contribution in [-0.2, 0) is 4.79 Å². The third-order valence-electron chi connectivity index (χ3n) is 4.59. The molecule has 1 unspecified atom stereocenters. The average Bonchev–Trinajstić information content (AvgIpc) is 2.64. The van der Waals surface area contributed by atoms with Gasteiger partial charge in [0.25, 0.3) is 5.91 Å². The molecule has 2 N–H and O–H groups in total. The smallest absolute Gasteiger partial charge is 0.282 e. The second-order valence-electron chi connectivity index (χ2n) is 6.18. The van der Waals surface area contributed by atoms with Crippen molar-refractivity contribution in [2.75, 3.05) is 18.4 Å². The van der Waals surface area contributed by atoms with Crippen molar-refractivity contribution in [2.24, 2.45) is 0 Å². The van der Waals surface area contributed by atoms with Gasteiger partial charge in [0.2, 0.25) is 0 Å². The minimum atomic E-state index is -0.0674. The standard InChI is InChI=1S/C20H21BrN2O/c1-15(20(24)22-19-9-7-18(21)8-10-19)23-13-11-17(12-14-23)16-5-3-2-4-6-16/h2-11,15H,12-14H2,1H3,(H,22,24)/p+1/t15-/m0/s1. The number of amides is 1. The van der Waals surface area contributed by atoms with Crippen molar-refractivity contribution < 1.29 is 9.69 Å². The number of hydrogen-bond donors (Lipinski definition) is 2. The number of hydrogen-bond acceptors (Lipinski definition) is 1. The van der Waals surface area contributed by atoms with Gasteiger partial charge in [0.05, 0.1) is 13.1 Å². The van der Waals surface area contributed by atoms with Crippen LogP contribution in [0.4, 0.5) is 5.69 Å². The van der Waals surface area contributed by atoms with Gasteiger partial charge in [0.1, 0.15) is 0 Å². The first-order valence-corrected chi connectivity index (χ1v) is 9.08. The second kappa shape index (κ2) is 7.77. The van der Waals surface area contributed by atoms with Gasteiger partial charge in [0.15, 0.2) is 6.04 Å². The fourth-order valence-electron chi connectivity index (χ4n) is 3.03. The maximum Gasteiger partial charge on any atom is 0.282 e. The van der Waals surface area contributed by atoms with E-state index in [1.54, 1.807) is 0 Å². The molecule has 1 amide bonds. The van der Waals surface area contributed by atoms with Crippen LogP contribution in [0.25, 0.3) is 5.57 Å². The number of carbonyl (C=O) groups is 1. The largest absolute Gasteiger partial charge is 0.321 e. The highest BCUT2D eigenvalue weighted by Crippen LogP contribution is 2.18. The Kier molecular flexibility index (Phi) is 5.48. The van der Waals surface area contributed by atoms with Crippen molar-refractivity contribution in [1.29, 1.82) is 0 Å². The minimum Gasteiger partial charge on any atom is -0.321 e. The molecule has 3 rings (SSSR count). The van der Waals surface area contributed by atoms with E-state index in [9.17, 15) is 4.79 Å². The van der Waals surface area contributed by atoms with E-state index in [-0.39, 0.29) is 11.9 Å². The molecule has 0 saturated heterocycles. The summed E-state index contributed by atoms with van der Waals surface area (Å²) in [6, 6.07) is 18.1. The topological polar surface area (TPSA) is 33.5 Å². The van der Waals surface area contributed by atoms with Crippen LogP contribution in [-0.4, -0.2) is 25.0 Å². The molecule has 2 atom stereocenters. The Bertz CT molecular complexity index is 725. The lowest BCUT2D eigenvalue weighted by Crippen LogP contribution is -3.17. The second-order valence-corrected chi connectivity index (χ2v) is 7.09. The maximum atomic E-state index is 12.5. The molecule has 1 aliphatic heterocycles. The number of carbonyl (C=O) groups excluding carboxylic acids is 1. The summed E-state index contributed by atoms with van der Waals surface area (Å²) < 4.78 is 1.01. The summed E-state index contributed by atoms with van der Waals surface area (Å²) in [5.41, 5.74) is 3.52. The van der Waals surface area contributed by atoms with Gasteiger partial charge < -0.3 is 10.2 Å². The van der Waals surface area contributed by atoms with Crippen LogP contribution in [0.2, 0.25) is 0 Å². The molecule has 3 nitrogen and oxygen atoms in total. The quantitative estimate of drug-likeness (QED) is 0.832. The molecule has 0 radical (unpaired) electrons. The van der Waals surface area contributed by atoms with E-state index in [0.29, 0.717) is 0 Å². The van der Waals surface area contributed by atoms with Gasteiger partial charge in [-0.05, 0) is 48.4 Å². The molecule has 4 heteroatoms. The fourth-order valence-corrected chi connectivity index (χ4v) is 3.29. The van der Waals surface area contributed by atoms with Crippen molar-refractivity contribution >= 4 is 33.1 Å². The van der Waals surface area contributed by atoms with Crippen molar-refractivity contribution in [3.05, 3.63) is 70.7 Å². The Morgan fingerprint density at radius 3 is 2.46 bits per heavy atom. The molecular formula is C20H22BrN2O+. The van der Waals surface area contributed by atoms with Crippen LogP contribution >= 0.6 is 15.9 Å². The van der Waals surface area contributed by atoms with E-state index in [4.69, 9.17) is 0 Å². The monoisotopic (exact) mass is 385 g/mol. The van der Waals surface area contributed by atoms with Gasteiger partial charge in [-0.3, -0.25) is 4.79 Å². The molecule has 2 aromatic carbocycles. The highest BCUT2D eigenvalue weighted by Gasteiger charge is 2.27. The molecule has 0 fully saturated rings. The summed E-state index contributed by atoms with van der Waals surface area (Å²) in [4.78, 5) is 13.8. The number of halogens is 1. The number of benzene rings is 2. The molecule has 1 aliphatic rings. The van der Waals surface area contributed by atoms with Gasteiger partial charge >= 0.3 is 0 Å². The van der Waals surface area contributed by atoms with Crippen LogP contribution in [0.5, 0.6) is 0 Å². The van der Waals surface area contributed by atoms with E-state index in [0.717, 1.165) is 29.7 Å². The van der Waals surface area contributed by atoms with Gasteiger partial charge in [0, 0.05) is 16.6 Å². The summed E-state index contributed by atoms with van der Waals surface area (Å²) in [6.07, 6.45) is 3.28. The molecule has 124 valence electrons. The first-order valence-electron chi connectivity index (χ1n) is 8.29. The van der Waals surface area contributed by atoms with E-state index in [2.05, 4.69) is 51.6 Å². The molecular weight excluding hydrogens is 364 g/mol. The summed E-state index contributed by atoms with van der Waals surface area (Å²) in [6.45, 7) is 3.87. The predicted molar refractivity (Wildman–Crippen MR) is 102 cm³/mol. The molecule has 24 heavy (non-hydrogen) atoms. The Morgan fingerprint density at radius 2 is 1.83 bits per heavy atom. The zero-order valence-corrected chi connectivity index (χ0v) is 15.3. The number of anilines is 1. The average molecular weight is 386 g/mol. The van der Waals surface area contributed by atoms with Crippen LogP contribution < -0.4 is 10.2 Å². The fraction of sp³-hybridized carbons (Fsp3) is 0.250. The summed E-state index contributed by atoms with van der Waals surface area (Å²) in [5, 5.41) is 3.01. The molecule has 0 aromatic heterocycles. The van der Waals surface area contributed by atoms with Gasteiger partial charge in [-0.2, -0.15) is 0 Å². The SMILES string of the molecule is C[C@@H](C(=O)Nc1ccc(Br)cc1)[NH+]1CC=C(c2ccccc2)CC1. The van der Waals surface area contributed by atoms with Crippen molar-refractivity contribution in [3.8, 4) is 0 Å². The van der Waals surface area contributed by atoms with Crippen molar-refractivity contribution in [3.63, 3.8) is 0 Å². The summed E-state index contributed by atoms with van der Waals surface area (Å²) >= 11 is 3.40. The minimum absolute atomic E-state index is 0.0674. The van der Waals surface area contributed by atoms with Crippen LogP contribution in [0.1, 0.15) is 18.9 Å². The Morgan fingerprint density at radius 1 is 1.12 bits per heavy atom. The molecule has 2 aromatic rings. The summed E-state index contributed by atoms with van der Waals surface area (Å²) in [7, 11) is 0. The van der Waals surface area contributed by atoms with Gasteiger partial charge in [-0.25, -0.2) is 0 Å². The van der Waals surface area contributed by atoms with E-state index >= 15 is 0 Å². The maximum absolute atomic E-state index is 12.5. The lowest BCUT2D eigenvalue weighted by molar-refractivity contribution is -0.909. The Hall–Kier alpha value is -1.91. The molecule has 0 saturated carbocycles. The number of rotatable bonds is 4. The highest BCUT2D eigenvalue weighted by molar-refractivity contribution is 9.10. The first kappa shape index (κ1) is 16.9. The van der Waals surface area contributed by atoms with E-state index < -0.39 is 0 Å². The summed E-state index contributed by atoms with van der Waals surface area (Å²) in [5.74, 6) is 0.0730. The molecule has 0 aliphatic carbocycles. The van der Waals surface area contributed by atoms with Gasteiger partial charge in [-0.15, -0.1) is 0 Å². The third kappa shape index (κ3) is 4.13. The molecule has 0 bridgehead atoms. The van der Waals surface area contributed by atoms with Gasteiger partial charge in [-0.1, -0.05) is 46.3 Å². The predicted octanol–water partition coefficient (Wildman–Crippen LogP) is 3.15. The highest BCUT2D eigenvalue weighted by atomic mass is 79.9. The Balaban J connectivity index is 1.60. The lowest BCUT2D eigenvalue weighted by Gasteiger charge is -2.28. The third-order valence-corrected chi connectivity index (χ3v) is 5.12. The first-order chi connectivity index (χ1) is 11.6. The normalized spacial score (nSPS) is 18.6. The van der Waals surface area contributed by atoms with Crippen LogP contribution in [0.15, 0.2) is 65.1 Å². The zero-order valence-electron chi connectivity index (χ0n) is 13.8. The number of quaternary nitrogens is 1. The van der Waals surface area contributed by atoms with E-state index in [1.807, 2.05) is 37.3 Å². The Labute approximate surface area is 151 Å². The van der Waals surface area contributed by atoms with Crippen molar-refractivity contribution in [1.82, 2.24) is 0 Å². The zero-order chi connectivity index (χ0) is 16.9. The van der Waals surface area contributed by atoms with E-state index in [1.165, 1.54) is 16.0 Å². The molecule has 1 heterocycles. The number of nitrogens with one attached hydrogen (secondary N) is 2. The van der Waals surface area contributed by atoms with Crippen molar-refractivity contribution in [2.45, 2.75) is 19.4 Å².